The van der Waals surface area contributed by atoms with Crippen LogP contribution in [0.5, 0.6) is 0 Å². The van der Waals surface area contributed by atoms with Gasteiger partial charge >= 0.3 is 5.97 Å². The largest absolute Gasteiger partial charge is 0.481 e. The Balaban J connectivity index is 2.73. The number of nitrogens with two attached hydrogens (primary N) is 1. The fraction of sp³-hybridized carbons (Fsp3) is 0.875. The summed E-state index contributed by atoms with van der Waals surface area (Å²) in [7, 11) is -1.67. The quantitative estimate of drug-likeness (QED) is 0.553. The predicted octanol–water partition coefficient (Wildman–Crippen LogP) is 2.25. The van der Waals surface area contributed by atoms with Crippen molar-refractivity contribution >= 4 is 20.3 Å². The van der Waals surface area contributed by atoms with Crippen molar-refractivity contribution in [3.05, 3.63) is 0 Å². The van der Waals surface area contributed by atoms with Crippen LogP contribution in [0, 0.1) is 23.7 Å². The summed E-state index contributed by atoms with van der Waals surface area (Å²) in [6, 6.07) is 0. The minimum Gasteiger partial charge on any atom is -0.481 e. The van der Waals surface area contributed by atoms with Crippen molar-refractivity contribution in [3.8, 4) is 0 Å². The molecule has 6 nitrogen and oxygen atoms in total. The van der Waals surface area contributed by atoms with E-state index in [4.69, 9.17) is 5.73 Å². The molecule has 0 aromatic rings. The van der Waals surface area contributed by atoms with E-state index in [0.29, 0.717) is 11.8 Å². The van der Waals surface area contributed by atoms with Crippen LogP contribution in [0.1, 0.15) is 58.8 Å². The average Bonchev–Trinajstić information content (AvgIpc) is 2.47. The van der Waals surface area contributed by atoms with Gasteiger partial charge in [-0.2, -0.15) is 0 Å². The maximum atomic E-state index is 11.6. The van der Waals surface area contributed by atoms with Gasteiger partial charge in [-0.15, -0.1) is 0 Å². The molecule has 0 radical (unpaired) electrons. The number of carboxylic acid groups (broad SMARTS) is 1. The zero-order valence-electron chi connectivity index (χ0n) is 14.0. The molecule has 0 aliphatic heterocycles. The first-order valence-electron chi connectivity index (χ1n) is 8.39. The summed E-state index contributed by atoms with van der Waals surface area (Å²) >= 11 is 0. The van der Waals surface area contributed by atoms with Gasteiger partial charge in [-0.3, -0.25) is 9.59 Å². The van der Waals surface area contributed by atoms with Crippen molar-refractivity contribution in [1.82, 2.24) is 0 Å². The van der Waals surface area contributed by atoms with Crippen molar-refractivity contribution in [3.63, 3.8) is 0 Å². The maximum Gasteiger partial charge on any atom is 0.309 e. The van der Waals surface area contributed by atoms with Crippen molar-refractivity contribution < 1.29 is 24.4 Å². The molecule has 1 saturated carbocycles. The first-order chi connectivity index (χ1) is 10.7. The molecule has 7 heteroatoms. The molecular weight excluding hydrogens is 317 g/mol. The maximum absolute atomic E-state index is 11.6. The summed E-state index contributed by atoms with van der Waals surface area (Å²) in [5.74, 6) is -1.55. The minimum absolute atomic E-state index is 0.0717. The lowest BCUT2D eigenvalue weighted by molar-refractivity contribution is -0.148. The van der Waals surface area contributed by atoms with Gasteiger partial charge in [0.25, 0.3) is 0 Å². The van der Waals surface area contributed by atoms with Gasteiger partial charge in [0, 0.05) is 6.42 Å². The normalized spacial score (nSPS) is 26.3. The molecule has 0 saturated heterocycles. The van der Waals surface area contributed by atoms with Gasteiger partial charge in [-0.25, -0.2) is 0 Å². The van der Waals surface area contributed by atoms with E-state index in [1.807, 2.05) is 0 Å². The minimum atomic E-state index is -1.73. The SMILES string of the molecule is CC(C)C1CCC(CC(O)([PH2]=O)C(CCC(N)=O)C(=O)O)CC1. The molecule has 0 heterocycles. The van der Waals surface area contributed by atoms with Gasteiger partial charge in [-0.05, 0) is 43.4 Å². The number of hydrogen-bond donors (Lipinski definition) is 3. The summed E-state index contributed by atoms with van der Waals surface area (Å²) in [6.45, 7) is 4.40. The Morgan fingerprint density at radius 3 is 2.22 bits per heavy atom. The van der Waals surface area contributed by atoms with Crippen LogP contribution in [0.2, 0.25) is 0 Å². The zero-order chi connectivity index (χ0) is 17.6. The number of aliphatic carboxylic acids is 1. The highest BCUT2D eigenvalue weighted by atomic mass is 31.1. The van der Waals surface area contributed by atoms with Crippen LogP contribution in [-0.2, 0) is 14.2 Å². The topological polar surface area (TPSA) is 118 Å². The molecule has 0 bridgehead atoms. The van der Waals surface area contributed by atoms with Crippen LogP contribution >= 0.6 is 8.46 Å². The Kier molecular flexibility index (Phi) is 7.75. The van der Waals surface area contributed by atoms with Gasteiger partial charge < -0.3 is 20.5 Å². The molecule has 0 aromatic heterocycles. The Labute approximate surface area is 139 Å². The molecule has 3 atom stereocenters. The monoisotopic (exact) mass is 347 g/mol. The van der Waals surface area contributed by atoms with Gasteiger partial charge in [-0.1, -0.05) is 26.7 Å². The van der Waals surface area contributed by atoms with E-state index in [0.717, 1.165) is 25.7 Å². The Bertz CT molecular complexity index is 434. The van der Waals surface area contributed by atoms with Crippen molar-refractivity contribution in [2.24, 2.45) is 29.4 Å². The van der Waals surface area contributed by atoms with E-state index in [1.54, 1.807) is 0 Å². The fourth-order valence-corrected chi connectivity index (χ4v) is 4.57. The highest BCUT2D eigenvalue weighted by Gasteiger charge is 2.43. The molecule has 0 aromatic carbocycles. The average molecular weight is 347 g/mol. The lowest BCUT2D eigenvalue weighted by Crippen LogP contribution is -2.40. The highest BCUT2D eigenvalue weighted by Crippen LogP contribution is 2.43. The molecule has 0 spiro atoms. The van der Waals surface area contributed by atoms with E-state index in [9.17, 15) is 24.4 Å². The van der Waals surface area contributed by atoms with Crippen LogP contribution in [0.3, 0.4) is 0 Å². The number of carboxylic acids is 1. The van der Waals surface area contributed by atoms with Crippen molar-refractivity contribution in [2.75, 3.05) is 0 Å². The lowest BCUT2D eigenvalue weighted by atomic mass is 9.74. The standard InChI is InChI=1S/C16H30NO5P/c1-10(2)12-5-3-11(4-6-12)9-16(21,23-22)13(15(19)20)7-8-14(17)18/h10-13,21H,3-9,23H2,1-2H3,(H2,17,18)(H,19,20). The number of primary amides is 1. The second-order valence-corrected chi connectivity index (χ2v) is 8.47. The smallest absolute Gasteiger partial charge is 0.309 e. The van der Waals surface area contributed by atoms with Crippen LogP contribution in [-0.4, -0.2) is 27.4 Å². The zero-order valence-corrected chi connectivity index (χ0v) is 15.2. The number of carbonyl (C=O) groups is 2. The summed E-state index contributed by atoms with van der Waals surface area (Å²) in [4.78, 5) is 22.4. The van der Waals surface area contributed by atoms with Gasteiger partial charge in [0.05, 0.1) is 14.4 Å². The van der Waals surface area contributed by atoms with Crippen LogP contribution in [0.15, 0.2) is 0 Å². The van der Waals surface area contributed by atoms with E-state index in [2.05, 4.69) is 13.8 Å². The Morgan fingerprint density at radius 2 is 1.83 bits per heavy atom. The molecule has 3 unspecified atom stereocenters. The summed E-state index contributed by atoms with van der Waals surface area (Å²) < 4.78 is 11.6. The number of amides is 1. The number of carbonyl (C=O) groups excluding carboxylic acids is 1. The third-order valence-corrected chi connectivity index (χ3v) is 6.28. The number of rotatable bonds is 9. The molecule has 23 heavy (non-hydrogen) atoms. The Morgan fingerprint density at radius 1 is 1.26 bits per heavy atom. The first-order valence-corrected chi connectivity index (χ1v) is 9.44. The predicted molar refractivity (Wildman–Crippen MR) is 89.8 cm³/mol. The number of aliphatic hydroxyl groups is 1. The third-order valence-electron chi connectivity index (χ3n) is 5.23. The summed E-state index contributed by atoms with van der Waals surface area (Å²) in [5, 5.41) is 18.3. The van der Waals surface area contributed by atoms with Crippen molar-refractivity contribution in [1.29, 1.82) is 0 Å². The highest BCUT2D eigenvalue weighted by molar-refractivity contribution is 7.25. The second-order valence-electron chi connectivity index (χ2n) is 7.23. The summed E-state index contributed by atoms with van der Waals surface area (Å²) in [5.41, 5.74) is 5.07. The molecule has 4 N–H and O–H groups in total. The first kappa shape index (κ1) is 20.2. The third kappa shape index (κ3) is 5.92. The fourth-order valence-electron chi connectivity index (χ4n) is 3.67. The molecule has 134 valence electrons. The van der Waals surface area contributed by atoms with Crippen LogP contribution < -0.4 is 5.73 Å². The van der Waals surface area contributed by atoms with Gasteiger partial charge in [0.15, 0.2) is 0 Å². The van der Waals surface area contributed by atoms with E-state index in [1.165, 1.54) is 0 Å². The molecule has 1 aliphatic rings. The van der Waals surface area contributed by atoms with Crippen LogP contribution in [0.25, 0.3) is 0 Å². The van der Waals surface area contributed by atoms with Crippen LogP contribution in [0.4, 0.5) is 0 Å². The number of hydrogen-bond acceptors (Lipinski definition) is 4. The molecule has 1 rings (SSSR count). The van der Waals surface area contributed by atoms with E-state index < -0.39 is 31.6 Å². The molecule has 1 fully saturated rings. The van der Waals surface area contributed by atoms with Gasteiger partial charge in [0.2, 0.25) is 5.91 Å². The van der Waals surface area contributed by atoms with E-state index in [-0.39, 0.29) is 25.2 Å². The van der Waals surface area contributed by atoms with Crippen molar-refractivity contribution in [2.45, 2.75) is 64.1 Å². The molecular formula is C16H30NO5P. The summed E-state index contributed by atoms with van der Waals surface area (Å²) in [6.07, 6.45) is 4.00. The van der Waals surface area contributed by atoms with E-state index >= 15 is 0 Å². The second kappa shape index (κ2) is 8.84. The molecule has 1 aliphatic carbocycles. The Hall–Kier alpha value is -0.870. The molecule has 1 amide bonds. The van der Waals surface area contributed by atoms with Gasteiger partial charge in [0.1, 0.15) is 5.34 Å². The lowest BCUT2D eigenvalue weighted by Gasteiger charge is -2.36.